The lowest BCUT2D eigenvalue weighted by atomic mass is 10.0. The quantitative estimate of drug-likeness (QED) is 0.303. The third kappa shape index (κ3) is 4.60. The average molecular weight is 481 g/mol. The van der Waals surface area contributed by atoms with Gasteiger partial charge in [-0.05, 0) is 56.2 Å². The van der Waals surface area contributed by atoms with E-state index in [1.807, 2.05) is 61.9 Å². The van der Waals surface area contributed by atoms with Crippen molar-refractivity contribution in [2.75, 3.05) is 5.32 Å². The van der Waals surface area contributed by atoms with E-state index in [2.05, 4.69) is 40.8 Å². The summed E-state index contributed by atoms with van der Waals surface area (Å²) in [6.07, 6.45) is 0. The maximum Gasteiger partial charge on any atom is 0.278 e. The molecule has 0 fully saturated rings. The van der Waals surface area contributed by atoms with E-state index in [1.165, 1.54) is 16.3 Å². The Morgan fingerprint density at radius 1 is 0.972 bits per heavy atom. The van der Waals surface area contributed by atoms with Gasteiger partial charge in [0.2, 0.25) is 0 Å². The SMILES string of the molecule is Cc1ccc(OCc2c(C(=O)Nc3c(C)nn(Cc4cccc5ccccc45)c3C)noc2C)cc1. The molecule has 2 aromatic heterocycles. The highest BCUT2D eigenvalue weighted by molar-refractivity contribution is 6.04. The first-order chi connectivity index (χ1) is 17.4. The number of rotatable bonds is 7. The summed E-state index contributed by atoms with van der Waals surface area (Å²) in [5.41, 5.74) is 5.41. The van der Waals surface area contributed by atoms with Crippen molar-refractivity contribution in [2.24, 2.45) is 0 Å². The number of benzene rings is 3. The van der Waals surface area contributed by atoms with E-state index in [0.29, 0.717) is 29.3 Å². The summed E-state index contributed by atoms with van der Waals surface area (Å²) in [6.45, 7) is 8.41. The Hall–Kier alpha value is -4.39. The first kappa shape index (κ1) is 23.4. The molecule has 0 saturated heterocycles. The van der Waals surface area contributed by atoms with Crippen LogP contribution < -0.4 is 10.1 Å². The highest BCUT2D eigenvalue weighted by Gasteiger charge is 2.23. The van der Waals surface area contributed by atoms with Crippen LogP contribution in [0.15, 0.2) is 71.3 Å². The van der Waals surface area contributed by atoms with Gasteiger partial charge in [0.25, 0.3) is 5.91 Å². The molecule has 3 aromatic carbocycles. The van der Waals surface area contributed by atoms with Crippen LogP contribution in [0, 0.1) is 27.7 Å². The van der Waals surface area contributed by atoms with Crippen LogP contribution >= 0.6 is 0 Å². The Morgan fingerprint density at radius 2 is 1.72 bits per heavy atom. The summed E-state index contributed by atoms with van der Waals surface area (Å²) < 4.78 is 13.1. The molecule has 0 radical (unpaired) electrons. The van der Waals surface area contributed by atoms with Crippen molar-refractivity contribution < 1.29 is 14.1 Å². The number of hydrogen-bond donors (Lipinski definition) is 1. The molecule has 0 bridgehead atoms. The van der Waals surface area contributed by atoms with Gasteiger partial charge in [-0.1, -0.05) is 65.3 Å². The fraction of sp³-hybridized carbons (Fsp3) is 0.207. The molecule has 0 aliphatic carbocycles. The minimum Gasteiger partial charge on any atom is -0.489 e. The standard InChI is InChI=1S/C29H28N4O3/c1-18-12-14-24(15-13-18)35-17-26-21(4)36-32-28(26)29(34)30-27-19(2)31-33(20(27)3)16-23-10-7-9-22-8-5-6-11-25(22)23/h5-15H,16-17H2,1-4H3,(H,30,34). The van der Waals surface area contributed by atoms with Gasteiger partial charge in [-0.25, -0.2) is 0 Å². The number of carbonyl (C=O) groups is 1. The summed E-state index contributed by atoms with van der Waals surface area (Å²) in [7, 11) is 0. The molecular weight excluding hydrogens is 452 g/mol. The maximum atomic E-state index is 13.2. The van der Waals surface area contributed by atoms with Gasteiger partial charge in [0.1, 0.15) is 18.1 Å². The Balaban J connectivity index is 1.35. The van der Waals surface area contributed by atoms with E-state index in [-0.39, 0.29) is 18.2 Å². The molecule has 7 nitrogen and oxygen atoms in total. The van der Waals surface area contributed by atoms with Crippen molar-refractivity contribution in [3.05, 3.63) is 106 Å². The average Bonchev–Trinajstić information content (AvgIpc) is 3.38. The predicted octanol–water partition coefficient (Wildman–Crippen LogP) is 6.14. The molecule has 2 heterocycles. The number of nitrogens with zero attached hydrogens (tertiary/aromatic N) is 3. The van der Waals surface area contributed by atoms with Crippen LogP contribution in [-0.2, 0) is 13.2 Å². The third-order valence-corrected chi connectivity index (χ3v) is 6.42. The smallest absolute Gasteiger partial charge is 0.278 e. The van der Waals surface area contributed by atoms with E-state index in [1.54, 1.807) is 6.92 Å². The van der Waals surface area contributed by atoms with Crippen LogP contribution in [0.2, 0.25) is 0 Å². The summed E-state index contributed by atoms with van der Waals surface area (Å²) in [4.78, 5) is 13.2. The topological polar surface area (TPSA) is 82.2 Å². The van der Waals surface area contributed by atoms with Crippen molar-refractivity contribution in [3.63, 3.8) is 0 Å². The van der Waals surface area contributed by atoms with Crippen LogP contribution in [-0.4, -0.2) is 20.8 Å². The third-order valence-electron chi connectivity index (χ3n) is 6.42. The molecule has 182 valence electrons. The summed E-state index contributed by atoms with van der Waals surface area (Å²) in [5.74, 6) is 0.909. The minimum atomic E-state index is -0.356. The first-order valence-electron chi connectivity index (χ1n) is 11.9. The van der Waals surface area contributed by atoms with Crippen LogP contribution in [0.3, 0.4) is 0 Å². The molecule has 5 rings (SSSR count). The van der Waals surface area contributed by atoms with E-state index in [4.69, 9.17) is 14.4 Å². The van der Waals surface area contributed by atoms with Crippen molar-refractivity contribution in [1.82, 2.24) is 14.9 Å². The lowest BCUT2D eigenvalue weighted by Crippen LogP contribution is -2.16. The van der Waals surface area contributed by atoms with Crippen molar-refractivity contribution in [3.8, 4) is 5.75 Å². The monoisotopic (exact) mass is 480 g/mol. The van der Waals surface area contributed by atoms with Crippen molar-refractivity contribution >= 4 is 22.4 Å². The highest BCUT2D eigenvalue weighted by Crippen LogP contribution is 2.25. The summed E-state index contributed by atoms with van der Waals surface area (Å²) >= 11 is 0. The second-order valence-electron chi connectivity index (χ2n) is 8.96. The molecular formula is C29H28N4O3. The highest BCUT2D eigenvalue weighted by atomic mass is 16.5. The lowest BCUT2D eigenvalue weighted by molar-refractivity contribution is 0.101. The molecule has 0 aliphatic heterocycles. The second-order valence-corrected chi connectivity index (χ2v) is 8.96. The molecule has 0 spiro atoms. The minimum absolute atomic E-state index is 0.180. The van der Waals surface area contributed by atoms with Crippen molar-refractivity contribution in [1.29, 1.82) is 0 Å². The van der Waals surface area contributed by atoms with Gasteiger partial charge in [0.05, 0.1) is 29.2 Å². The lowest BCUT2D eigenvalue weighted by Gasteiger charge is -2.10. The number of nitrogens with one attached hydrogen (secondary N) is 1. The zero-order valence-electron chi connectivity index (χ0n) is 20.8. The molecule has 0 unspecified atom stereocenters. The molecule has 0 saturated carbocycles. The Morgan fingerprint density at radius 3 is 2.53 bits per heavy atom. The zero-order valence-corrected chi connectivity index (χ0v) is 20.8. The summed E-state index contributed by atoms with van der Waals surface area (Å²) in [6, 6.07) is 22.3. The number of fused-ring (bicyclic) bond motifs is 1. The number of hydrogen-bond acceptors (Lipinski definition) is 5. The van der Waals surface area contributed by atoms with Crippen LogP contribution in [0.5, 0.6) is 5.75 Å². The molecule has 5 aromatic rings. The number of carbonyl (C=O) groups excluding carboxylic acids is 1. The summed E-state index contributed by atoms with van der Waals surface area (Å²) in [5, 5.41) is 14.1. The van der Waals surface area contributed by atoms with Crippen LogP contribution in [0.4, 0.5) is 5.69 Å². The number of anilines is 1. The molecule has 1 amide bonds. The zero-order chi connectivity index (χ0) is 25.2. The van der Waals surface area contributed by atoms with E-state index < -0.39 is 0 Å². The second kappa shape index (κ2) is 9.70. The van der Waals surface area contributed by atoms with Gasteiger partial charge in [0.15, 0.2) is 5.69 Å². The van der Waals surface area contributed by atoms with E-state index >= 15 is 0 Å². The molecule has 36 heavy (non-hydrogen) atoms. The van der Waals surface area contributed by atoms with Crippen LogP contribution in [0.25, 0.3) is 10.8 Å². The van der Waals surface area contributed by atoms with Gasteiger partial charge in [0, 0.05) is 0 Å². The van der Waals surface area contributed by atoms with Crippen LogP contribution in [0.1, 0.15) is 44.3 Å². The number of aryl methyl sites for hydroxylation is 3. The number of ether oxygens (including phenoxy) is 1. The normalized spacial score (nSPS) is 11.1. The Labute approximate surface area is 209 Å². The fourth-order valence-electron chi connectivity index (χ4n) is 4.33. The van der Waals surface area contributed by atoms with Gasteiger partial charge >= 0.3 is 0 Å². The van der Waals surface area contributed by atoms with Gasteiger partial charge in [-0.2, -0.15) is 5.10 Å². The van der Waals surface area contributed by atoms with Gasteiger partial charge < -0.3 is 14.6 Å². The Bertz CT molecular complexity index is 1540. The van der Waals surface area contributed by atoms with E-state index in [9.17, 15) is 4.79 Å². The molecule has 1 N–H and O–H groups in total. The first-order valence-corrected chi connectivity index (χ1v) is 11.9. The molecule has 7 heteroatoms. The number of amides is 1. The fourth-order valence-corrected chi connectivity index (χ4v) is 4.33. The number of aromatic nitrogens is 3. The van der Waals surface area contributed by atoms with E-state index in [0.717, 1.165) is 17.0 Å². The molecule has 0 atom stereocenters. The predicted molar refractivity (Wildman–Crippen MR) is 139 cm³/mol. The maximum absolute atomic E-state index is 13.2. The van der Waals surface area contributed by atoms with Gasteiger partial charge in [-0.3, -0.25) is 9.48 Å². The molecule has 0 aliphatic rings. The van der Waals surface area contributed by atoms with Gasteiger partial charge in [-0.15, -0.1) is 0 Å². The van der Waals surface area contributed by atoms with Crippen molar-refractivity contribution in [2.45, 2.75) is 40.8 Å². The Kier molecular flexibility index (Phi) is 6.29. The largest absolute Gasteiger partial charge is 0.489 e.